The molecular weight excluding hydrogens is 618 g/mol. The molecule has 0 bridgehead atoms. The van der Waals surface area contributed by atoms with Crippen LogP contribution in [0.1, 0.15) is 82.3 Å². The molecule has 0 aliphatic carbocycles. The van der Waals surface area contributed by atoms with Crippen molar-refractivity contribution in [3.63, 3.8) is 0 Å². The van der Waals surface area contributed by atoms with Crippen molar-refractivity contribution in [3.8, 4) is 34.8 Å². The van der Waals surface area contributed by atoms with Crippen LogP contribution in [0, 0.1) is 34.6 Å². The summed E-state index contributed by atoms with van der Waals surface area (Å²) in [5, 5.41) is 5.24. The van der Waals surface area contributed by atoms with Gasteiger partial charge in [-0.15, -0.1) is 0 Å². The molecule has 0 aromatic carbocycles. The van der Waals surface area contributed by atoms with Crippen LogP contribution in [-0.4, -0.2) is 55.6 Å². The lowest BCUT2D eigenvalue weighted by molar-refractivity contribution is 0.0517. The number of ether oxygens (including phenoxy) is 2. The molecule has 0 saturated carbocycles. The summed E-state index contributed by atoms with van der Waals surface area (Å²) in [6.45, 7) is 13.4. The van der Waals surface area contributed by atoms with Gasteiger partial charge in [-0.25, -0.2) is 34.5 Å². The van der Waals surface area contributed by atoms with Gasteiger partial charge in [-0.1, -0.05) is 0 Å². The van der Waals surface area contributed by atoms with Crippen LogP contribution in [0.15, 0.2) is 22.1 Å². The van der Waals surface area contributed by atoms with E-state index in [1.165, 1.54) is 7.11 Å². The second-order valence-electron chi connectivity index (χ2n) is 11.3. The van der Waals surface area contributed by atoms with E-state index in [2.05, 4.69) is 40.3 Å². The van der Waals surface area contributed by atoms with Crippen LogP contribution in [0.5, 0.6) is 0 Å². The van der Waals surface area contributed by atoms with Gasteiger partial charge in [0, 0.05) is 0 Å². The molecule has 0 spiro atoms. The predicted octanol–water partition coefficient (Wildman–Crippen LogP) is 4.91. The van der Waals surface area contributed by atoms with Crippen molar-refractivity contribution in [1.82, 2.24) is 35.6 Å². The molecule has 0 saturated heterocycles. The Kier molecular flexibility index (Phi) is 8.73. The highest BCUT2D eigenvalue weighted by atomic mass is 16.6. The van der Waals surface area contributed by atoms with Gasteiger partial charge in [-0.2, -0.15) is 0 Å². The van der Waals surface area contributed by atoms with E-state index < -0.39 is 23.6 Å². The normalized spacial score (nSPS) is 11.5. The van der Waals surface area contributed by atoms with E-state index in [4.69, 9.17) is 26.8 Å². The second kappa shape index (κ2) is 12.6. The zero-order valence-electron chi connectivity index (χ0n) is 27.2. The molecule has 17 nitrogen and oxygen atoms in total. The largest absolute Gasteiger partial charge is 0.464 e. The second-order valence-corrected chi connectivity index (χ2v) is 11.3. The van der Waals surface area contributed by atoms with Gasteiger partial charge in [0.2, 0.25) is 29.5 Å². The molecule has 0 aliphatic heterocycles. The zero-order chi connectivity index (χ0) is 34.2. The summed E-state index contributed by atoms with van der Waals surface area (Å²) < 4.78 is 38.5. The molecule has 5 heterocycles. The van der Waals surface area contributed by atoms with Crippen LogP contribution in [0.3, 0.4) is 0 Å². The van der Waals surface area contributed by atoms with Crippen molar-refractivity contribution in [1.29, 1.82) is 0 Å². The van der Waals surface area contributed by atoms with Crippen LogP contribution in [0.25, 0.3) is 34.8 Å². The topological polar surface area (TPSA) is 224 Å². The molecule has 0 atom stereocenters. The number of aromatic nitrogens is 5. The molecular formula is C30H33N7O10. The van der Waals surface area contributed by atoms with Gasteiger partial charge in [0.05, 0.1) is 20.2 Å². The number of alkyl carbamates (subject to hydrolysis) is 1. The number of oxazole rings is 5. The van der Waals surface area contributed by atoms with E-state index in [0.29, 0.717) is 28.7 Å². The maximum Gasteiger partial charge on any atom is 0.408 e. The summed E-state index contributed by atoms with van der Waals surface area (Å²) >= 11 is 0. The molecule has 0 radical (unpaired) electrons. The standard InChI is InChI=1S/C30H33N7O10/c1-12-19(24(38)31-10-17-34-23(16(5)43-17)28(39)41-9)35-26(44-12)21-14(3)46-27(37-21)22-15(4)45-25(36-22)20-13(2)42-18(33-20)11-32-29(40)47-30(6,7)8/h10-11H2,1-9H3,(H,31,38)(H,32,40). The first-order chi connectivity index (χ1) is 22.1. The molecule has 47 heavy (non-hydrogen) atoms. The molecule has 17 heteroatoms. The van der Waals surface area contributed by atoms with Gasteiger partial charge in [0.1, 0.15) is 34.4 Å². The van der Waals surface area contributed by atoms with Crippen LogP contribution in [0.4, 0.5) is 4.79 Å². The number of aryl methyl sites for hydroxylation is 5. The highest BCUT2D eigenvalue weighted by molar-refractivity contribution is 5.93. The maximum atomic E-state index is 12.9. The minimum absolute atomic E-state index is 0.00406. The lowest BCUT2D eigenvalue weighted by atomic mass is 10.2. The smallest absolute Gasteiger partial charge is 0.408 e. The van der Waals surface area contributed by atoms with Gasteiger partial charge in [-0.3, -0.25) is 4.79 Å². The number of nitrogens with zero attached hydrogens (tertiary/aromatic N) is 5. The Balaban J connectivity index is 1.30. The first-order valence-corrected chi connectivity index (χ1v) is 14.3. The average Bonchev–Trinajstić information content (AvgIpc) is 3.81. The number of hydrogen-bond donors (Lipinski definition) is 2. The Morgan fingerprint density at radius 2 is 1.09 bits per heavy atom. The fraction of sp³-hybridized carbons (Fsp3) is 0.400. The minimum atomic E-state index is -0.646. The third-order valence-corrected chi connectivity index (χ3v) is 6.46. The van der Waals surface area contributed by atoms with Crippen molar-refractivity contribution in [2.24, 2.45) is 0 Å². The van der Waals surface area contributed by atoms with Crippen molar-refractivity contribution >= 4 is 18.0 Å². The monoisotopic (exact) mass is 651 g/mol. The van der Waals surface area contributed by atoms with Gasteiger partial charge in [0.15, 0.2) is 28.5 Å². The van der Waals surface area contributed by atoms with Gasteiger partial charge in [-0.05, 0) is 55.4 Å². The Labute approximate surface area is 267 Å². The molecule has 0 aliphatic rings. The van der Waals surface area contributed by atoms with Gasteiger partial charge in [0.25, 0.3) is 5.91 Å². The quantitative estimate of drug-likeness (QED) is 0.202. The van der Waals surface area contributed by atoms with E-state index in [1.54, 1.807) is 55.4 Å². The third-order valence-electron chi connectivity index (χ3n) is 6.46. The zero-order valence-corrected chi connectivity index (χ0v) is 27.2. The Morgan fingerprint density at radius 3 is 1.68 bits per heavy atom. The van der Waals surface area contributed by atoms with Gasteiger partial charge < -0.3 is 42.2 Å². The van der Waals surface area contributed by atoms with Crippen LogP contribution < -0.4 is 10.6 Å². The van der Waals surface area contributed by atoms with Crippen LogP contribution in [-0.2, 0) is 22.6 Å². The molecule has 5 rings (SSSR count). The van der Waals surface area contributed by atoms with Crippen LogP contribution in [0.2, 0.25) is 0 Å². The fourth-order valence-electron chi connectivity index (χ4n) is 4.34. The number of carbonyl (C=O) groups is 3. The molecule has 248 valence electrons. The van der Waals surface area contributed by atoms with Crippen LogP contribution >= 0.6 is 0 Å². The number of nitrogens with one attached hydrogen (secondary N) is 2. The van der Waals surface area contributed by atoms with Crippen molar-refractivity contribution in [2.45, 2.75) is 74.1 Å². The first-order valence-electron chi connectivity index (χ1n) is 14.3. The first kappa shape index (κ1) is 32.6. The number of esters is 1. The lowest BCUT2D eigenvalue weighted by Crippen LogP contribution is -2.32. The molecule has 0 fully saturated rings. The Morgan fingerprint density at radius 1 is 0.617 bits per heavy atom. The Hall–Kier alpha value is -5.74. The third kappa shape index (κ3) is 7.08. The van der Waals surface area contributed by atoms with Crippen molar-refractivity contribution < 1.29 is 45.9 Å². The van der Waals surface area contributed by atoms with E-state index in [-0.39, 0.29) is 71.1 Å². The highest BCUT2D eigenvalue weighted by Crippen LogP contribution is 2.33. The minimum Gasteiger partial charge on any atom is -0.464 e. The molecule has 0 unspecified atom stereocenters. The van der Waals surface area contributed by atoms with E-state index >= 15 is 0 Å². The summed E-state index contributed by atoms with van der Waals surface area (Å²) in [7, 11) is 1.23. The summed E-state index contributed by atoms with van der Waals surface area (Å²) in [6, 6.07) is 0. The summed E-state index contributed by atoms with van der Waals surface area (Å²) in [4.78, 5) is 58.5. The number of hydrogen-bond acceptors (Lipinski definition) is 15. The summed E-state index contributed by atoms with van der Waals surface area (Å²) in [5.41, 5.74) is 0.288. The fourth-order valence-corrected chi connectivity index (χ4v) is 4.34. The van der Waals surface area contributed by atoms with E-state index in [0.717, 1.165) is 0 Å². The van der Waals surface area contributed by atoms with Crippen molar-refractivity contribution in [3.05, 3.63) is 52.0 Å². The molecule has 5 aromatic rings. The summed E-state index contributed by atoms with van der Waals surface area (Å²) in [5.74, 6) is 1.15. The predicted molar refractivity (Wildman–Crippen MR) is 159 cm³/mol. The Bertz CT molecular complexity index is 1970. The summed E-state index contributed by atoms with van der Waals surface area (Å²) in [6.07, 6.45) is -0.606. The van der Waals surface area contributed by atoms with E-state index in [1.807, 2.05) is 0 Å². The van der Waals surface area contributed by atoms with E-state index in [9.17, 15) is 14.4 Å². The number of amides is 2. The molecule has 5 aromatic heterocycles. The van der Waals surface area contributed by atoms with Gasteiger partial charge >= 0.3 is 12.1 Å². The molecule has 2 amide bonds. The number of carbonyl (C=O) groups excluding carboxylic acids is 3. The average molecular weight is 652 g/mol. The number of rotatable bonds is 9. The SMILES string of the molecule is COC(=O)c1nc(CNC(=O)c2nc(-c3nc(-c4nc(-c5nc(CNC(=O)OC(C)(C)C)oc5C)oc4C)oc3C)oc2C)oc1C. The highest BCUT2D eigenvalue weighted by Gasteiger charge is 2.27. The van der Waals surface area contributed by atoms with Crippen molar-refractivity contribution in [2.75, 3.05) is 7.11 Å². The molecule has 2 N–H and O–H groups in total. The number of methoxy groups -OCH3 is 1. The lowest BCUT2D eigenvalue weighted by Gasteiger charge is -2.19. The maximum absolute atomic E-state index is 12.9.